The number of rotatable bonds is 61. The van der Waals surface area contributed by atoms with Crippen molar-refractivity contribution in [3.63, 3.8) is 0 Å². The van der Waals surface area contributed by atoms with Crippen LogP contribution in [0.25, 0.3) is 0 Å². The lowest BCUT2D eigenvalue weighted by Crippen LogP contribution is -2.45. The van der Waals surface area contributed by atoms with Crippen LogP contribution in [0.15, 0.2) is 36.5 Å². The van der Waals surface area contributed by atoms with Crippen LogP contribution in [-0.4, -0.2) is 47.4 Å². The van der Waals surface area contributed by atoms with Crippen molar-refractivity contribution >= 4 is 11.9 Å². The Morgan fingerprint density at radius 3 is 0.973 bits per heavy atom. The molecule has 0 saturated heterocycles. The third kappa shape index (κ3) is 59.2. The number of hydrogen-bond donors (Lipinski definition) is 3. The van der Waals surface area contributed by atoms with Gasteiger partial charge in [-0.15, -0.1) is 0 Å². The summed E-state index contributed by atoms with van der Waals surface area (Å²) in [6, 6.07) is -0.624. The smallest absolute Gasteiger partial charge is 0.305 e. The molecule has 430 valence electrons. The molecule has 0 saturated carbocycles. The van der Waals surface area contributed by atoms with E-state index in [1.807, 2.05) is 6.08 Å². The molecule has 2 atom stereocenters. The van der Waals surface area contributed by atoms with Crippen molar-refractivity contribution in [1.29, 1.82) is 0 Å². The topological polar surface area (TPSA) is 95.9 Å². The lowest BCUT2D eigenvalue weighted by atomic mass is 10.0. The van der Waals surface area contributed by atoms with Crippen molar-refractivity contribution < 1.29 is 24.5 Å². The summed E-state index contributed by atoms with van der Waals surface area (Å²) < 4.78 is 5.50. The molecule has 0 aromatic heterocycles. The van der Waals surface area contributed by atoms with Crippen LogP contribution in [0.4, 0.5) is 0 Å². The summed E-state index contributed by atoms with van der Waals surface area (Å²) in [5, 5.41) is 23.0. The Morgan fingerprint density at radius 2 is 0.644 bits per heavy atom. The van der Waals surface area contributed by atoms with E-state index in [1.165, 1.54) is 283 Å². The van der Waals surface area contributed by atoms with E-state index < -0.39 is 12.1 Å². The SMILES string of the molecule is CCCCCCCC/C=C\CCCCCCCCCC(=O)OCCCCCCCCCCCCCC/C=C\CCCCCCCCCCCCCCCCC(=O)NC(CO)C(O)/C=C/CCCCCCCCC. The first-order valence-corrected chi connectivity index (χ1v) is 32.8. The van der Waals surface area contributed by atoms with Crippen LogP contribution in [0.2, 0.25) is 0 Å². The molecule has 6 heteroatoms. The molecule has 0 aromatic rings. The predicted octanol–water partition coefficient (Wildman–Crippen LogP) is 20.8. The van der Waals surface area contributed by atoms with Gasteiger partial charge in [0, 0.05) is 12.8 Å². The summed E-state index contributed by atoms with van der Waals surface area (Å²) in [6.07, 6.45) is 79.4. The van der Waals surface area contributed by atoms with Crippen molar-refractivity contribution in [2.45, 2.75) is 366 Å². The molecule has 6 nitrogen and oxygen atoms in total. The van der Waals surface area contributed by atoms with Crippen LogP contribution in [0.1, 0.15) is 354 Å². The van der Waals surface area contributed by atoms with Crippen molar-refractivity contribution in [3.8, 4) is 0 Å². The van der Waals surface area contributed by atoms with Gasteiger partial charge in [0.1, 0.15) is 0 Å². The highest BCUT2D eigenvalue weighted by Gasteiger charge is 2.18. The van der Waals surface area contributed by atoms with E-state index in [2.05, 4.69) is 43.5 Å². The molecule has 73 heavy (non-hydrogen) atoms. The first-order valence-electron chi connectivity index (χ1n) is 32.8. The highest BCUT2D eigenvalue weighted by Crippen LogP contribution is 2.17. The third-order valence-electron chi connectivity index (χ3n) is 15.1. The molecule has 0 radical (unpaired) electrons. The molecular weight excluding hydrogens is 899 g/mol. The molecule has 3 N–H and O–H groups in total. The van der Waals surface area contributed by atoms with Crippen molar-refractivity contribution in [1.82, 2.24) is 5.32 Å². The van der Waals surface area contributed by atoms with Crippen molar-refractivity contribution in [2.75, 3.05) is 13.2 Å². The lowest BCUT2D eigenvalue weighted by molar-refractivity contribution is -0.143. The Kier molecular flexibility index (Phi) is 61.0. The zero-order valence-corrected chi connectivity index (χ0v) is 49.1. The van der Waals surface area contributed by atoms with Crippen LogP contribution >= 0.6 is 0 Å². The van der Waals surface area contributed by atoms with Crippen LogP contribution < -0.4 is 5.32 Å². The minimum absolute atomic E-state index is 0.0135. The number of amides is 1. The van der Waals surface area contributed by atoms with Gasteiger partial charge in [0.05, 0.1) is 25.4 Å². The van der Waals surface area contributed by atoms with Gasteiger partial charge in [-0.3, -0.25) is 9.59 Å². The zero-order chi connectivity index (χ0) is 52.9. The molecule has 0 bridgehead atoms. The van der Waals surface area contributed by atoms with E-state index in [-0.39, 0.29) is 18.5 Å². The maximum Gasteiger partial charge on any atom is 0.305 e. The highest BCUT2D eigenvalue weighted by molar-refractivity contribution is 5.76. The second-order valence-corrected chi connectivity index (χ2v) is 22.4. The number of aliphatic hydroxyl groups is 2. The lowest BCUT2D eigenvalue weighted by Gasteiger charge is -2.20. The Bertz CT molecular complexity index is 1180. The largest absolute Gasteiger partial charge is 0.466 e. The Labute approximate surface area is 455 Å². The molecule has 1 amide bonds. The number of aliphatic hydroxyl groups excluding tert-OH is 2. The molecule has 0 aliphatic heterocycles. The minimum Gasteiger partial charge on any atom is -0.466 e. The number of unbranched alkanes of at least 4 members (excludes halogenated alkanes) is 46. The molecule has 0 aliphatic rings. The van der Waals surface area contributed by atoms with E-state index in [1.54, 1.807) is 6.08 Å². The molecule has 2 unspecified atom stereocenters. The number of esters is 1. The van der Waals surface area contributed by atoms with Gasteiger partial charge in [-0.1, -0.05) is 294 Å². The van der Waals surface area contributed by atoms with Gasteiger partial charge in [-0.2, -0.15) is 0 Å². The monoisotopic (exact) mass is 1030 g/mol. The molecule has 0 spiro atoms. The summed E-state index contributed by atoms with van der Waals surface area (Å²) in [6.45, 7) is 4.89. The van der Waals surface area contributed by atoms with Gasteiger partial charge in [0.15, 0.2) is 0 Å². The summed E-state index contributed by atoms with van der Waals surface area (Å²) in [5.41, 5.74) is 0. The maximum absolute atomic E-state index is 12.4. The zero-order valence-electron chi connectivity index (χ0n) is 49.1. The van der Waals surface area contributed by atoms with E-state index >= 15 is 0 Å². The third-order valence-corrected chi connectivity index (χ3v) is 15.1. The van der Waals surface area contributed by atoms with E-state index in [4.69, 9.17) is 4.74 Å². The fourth-order valence-corrected chi connectivity index (χ4v) is 10.1. The number of carbonyl (C=O) groups is 2. The maximum atomic E-state index is 12.4. The fraction of sp³-hybridized carbons (Fsp3) is 0.881. The number of allylic oxidation sites excluding steroid dienone is 5. The summed E-state index contributed by atoms with van der Waals surface area (Å²) in [4.78, 5) is 24.5. The number of hydrogen-bond acceptors (Lipinski definition) is 5. The normalized spacial score (nSPS) is 12.8. The average Bonchev–Trinajstić information content (AvgIpc) is 3.39. The Hall–Kier alpha value is -1.92. The van der Waals surface area contributed by atoms with Gasteiger partial charge < -0.3 is 20.3 Å². The van der Waals surface area contributed by atoms with Crippen LogP contribution in [0.3, 0.4) is 0 Å². The number of carbonyl (C=O) groups excluding carboxylic acids is 2. The van der Waals surface area contributed by atoms with E-state index in [0.29, 0.717) is 19.4 Å². The fourth-order valence-electron chi connectivity index (χ4n) is 10.1. The molecule has 0 fully saturated rings. The first-order chi connectivity index (χ1) is 36.0. The molecule has 0 heterocycles. The van der Waals surface area contributed by atoms with Crippen molar-refractivity contribution in [3.05, 3.63) is 36.5 Å². The van der Waals surface area contributed by atoms with Crippen LogP contribution in [0, 0.1) is 0 Å². The average molecular weight is 1030 g/mol. The van der Waals surface area contributed by atoms with Crippen LogP contribution in [0.5, 0.6) is 0 Å². The summed E-state index contributed by atoms with van der Waals surface area (Å²) in [7, 11) is 0. The van der Waals surface area contributed by atoms with Gasteiger partial charge in [-0.25, -0.2) is 0 Å². The molecular formula is C67H127NO5. The number of nitrogens with one attached hydrogen (secondary N) is 1. The van der Waals surface area contributed by atoms with Gasteiger partial charge >= 0.3 is 5.97 Å². The van der Waals surface area contributed by atoms with Gasteiger partial charge in [0.2, 0.25) is 5.91 Å². The highest BCUT2D eigenvalue weighted by atomic mass is 16.5. The minimum atomic E-state index is -0.841. The first kappa shape index (κ1) is 71.1. The Morgan fingerprint density at radius 1 is 0.370 bits per heavy atom. The van der Waals surface area contributed by atoms with Gasteiger partial charge in [0.25, 0.3) is 0 Å². The summed E-state index contributed by atoms with van der Waals surface area (Å²) >= 11 is 0. The predicted molar refractivity (Wildman–Crippen MR) is 319 cm³/mol. The van der Waals surface area contributed by atoms with Gasteiger partial charge in [-0.05, 0) is 83.5 Å². The quantitative estimate of drug-likeness (QED) is 0.0320. The second-order valence-electron chi connectivity index (χ2n) is 22.4. The van der Waals surface area contributed by atoms with Crippen molar-refractivity contribution in [2.24, 2.45) is 0 Å². The standard InChI is InChI=1S/C67H127NO5/c1-3-5-7-9-11-13-14-15-16-31-35-38-41-45-49-53-57-61-67(72)73-62-58-54-50-46-42-39-36-33-30-28-26-24-22-20-18-17-19-21-23-25-27-29-32-34-37-40-44-48-52-56-60-66(71)68-64(63-69)65(70)59-55-51-47-43-12-10-8-6-4-2/h15-16,18,20,55,59,64-65,69-70H,3-14,17,19,21-54,56-58,60-63H2,1-2H3,(H,68,71)/b16-15-,20-18-,59-55+. The Balaban J connectivity index is 3.34. The molecule has 0 aromatic carbocycles. The van der Waals surface area contributed by atoms with E-state index in [0.717, 1.165) is 44.9 Å². The molecule has 0 aliphatic carbocycles. The number of ether oxygens (including phenoxy) is 1. The summed E-state index contributed by atoms with van der Waals surface area (Å²) in [5.74, 6) is -0.0550. The van der Waals surface area contributed by atoms with Crippen LogP contribution in [-0.2, 0) is 14.3 Å². The molecule has 0 rings (SSSR count). The van der Waals surface area contributed by atoms with E-state index in [9.17, 15) is 19.8 Å². The second kappa shape index (κ2) is 62.6.